The maximum absolute atomic E-state index is 14.4. The van der Waals surface area contributed by atoms with Crippen LogP contribution in [0.2, 0.25) is 5.02 Å². The molecule has 0 saturated carbocycles. The quantitative estimate of drug-likeness (QED) is 0.534. The van der Waals surface area contributed by atoms with E-state index in [0.29, 0.717) is 23.5 Å². The molecule has 0 unspecified atom stereocenters. The first-order chi connectivity index (χ1) is 14.5. The van der Waals surface area contributed by atoms with E-state index in [4.69, 9.17) is 16.6 Å². The van der Waals surface area contributed by atoms with Crippen LogP contribution in [0.25, 0.3) is 16.6 Å². The zero-order valence-electron chi connectivity index (χ0n) is 16.4. The second-order valence-electron chi connectivity index (χ2n) is 7.66. The highest BCUT2D eigenvalue weighted by atomic mass is 35.5. The van der Waals surface area contributed by atoms with Crippen LogP contribution in [-0.4, -0.2) is 35.3 Å². The van der Waals surface area contributed by atoms with Crippen molar-refractivity contribution in [3.8, 4) is 0 Å². The molecular weight excluding hydrogens is 406 g/mol. The van der Waals surface area contributed by atoms with Crippen molar-refractivity contribution in [3.05, 3.63) is 70.5 Å². The number of rotatable bonds is 4. The summed E-state index contributed by atoms with van der Waals surface area (Å²) in [5, 5.41) is -0.138. The topological polar surface area (TPSA) is 41.4 Å². The number of allylic oxidation sites excluding steroid dienone is 1. The third kappa shape index (κ3) is 3.25. The number of hydrogen-bond acceptors (Lipinski definition) is 4. The van der Waals surface area contributed by atoms with Gasteiger partial charge in [-0.1, -0.05) is 24.6 Å². The number of aliphatic imine (C=N–C) groups is 1. The van der Waals surface area contributed by atoms with Gasteiger partial charge in [-0.2, -0.15) is 0 Å². The standard InChI is InChI=1S/C23H19ClF2N4/c1-2-13-11-30(12-13)14-7-22-21(28-10-14)4-3-20(29-22)15-5-6-27-23(15)16-8-17(24)19(26)9-18(16)25/h3-5,7-10,13H,2,6,11-12H2,1H3. The van der Waals surface area contributed by atoms with E-state index in [1.54, 1.807) is 0 Å². The van der Waals surface area contributed by atoms with E-state index in [-0.39, 0.29) is 10.6 Å². The van der Waals surface area contributed by atoms with Gasteiger partial charge in [0.2, 0.25) is 0 Å². The number of anilines is 1. The molecule has 1 fully saturated rings. The van der Waals surface area contributed by atoms with Crippen LogP contribution in [0.5, 0.6) is 0 Å². The Morgan fingerprint density at radius 2 is 1.93 bits per heavy atom. The van der Waals surface area contributed by atoms with E-state index in [2.05, 4.69) is 21.8 Å². The minimum atomic E-state index is -0.791. The summed E-state index contributed by atoms with van der Waals surface area (Å²) in [7, 11) is 0. The molecule has 0 amide bonds. The fourth-order valence-electron chi connectivity index (χ4n) is 3.93. The first-order valence-corrected chi connectivity index (χ1v) is 10.3. The Bertz CT molecular complexity index is 1220. The van der Waals surface area contributed by atoms with Gasteiger partial charge in [0.25, 0.3) is 0 Å². The summed E-state index contributed by atoms with van der Waals surface area (Å²) >= 11 is 5.88. The summed E-state index contributed by atoms with van der Waals surface area (Å²) in [6.07, 6.45) is 4.95. The molecule has 0 aliphatic carbocycles. The number of fused-ring (bicyclic) bond motifs is 1. The van der Waals surface area contributed by atoms with Gasteiger partial charge in [0.1, 0.15) is 11.6 Å². The van der Waals surface area contributed by atoms with Gasteiger partial charge >= 0.3 is 0 Å². The Balaban J connectivity index is 1.50. The monoisotopic (exact) mass is 424 g/mol. The van der Waals surface area contributed by atoms with Gasteiger partial charge in [0.15, 0.2) is 0 Å². The number of aromatic nitrogens is 2. The van der Waals surface area contributed by atoms with Crippen LogP contribution in [0.3, 0.4) is 0 Å². The van der Waals surface area contributed by atoms with Gasteiger partial charge in [-0.3, -0.25) is 9.98 Å². The van der Waals surface area contributed by atoms with Crippen molar-refractivity contribution < 1.29 is 8.78 Å². The highest BCUT2D eigenvalue weighted by Gasteiger charge is 2.26. The molecule has 152 valence electrons. The molecule has 30 heavy (non-hydrogen) atoms. The average Bonchev–Trinajstić information content (AvgIpc) is 3.19. The van der Waals surface area contributed by atoms with Gasteiger partial charge in [-0.25, -0.2) is 13.8 Å². The van der Waals surface area contributed by atoms with Crippen molar-refractivity contribution in [2.45, 2.75) is 13.3 Å². The normalized spacial score (nSPS) is 16.6. The van der Waals surface area contributed by atoms with E-state index in [9.17, 15) is 8.78 Å². The summed E-state index contributed by atoms with van der Waals surface area (Å²) < 4.78 is 28.0. The minimum absolute atomic E-state index is 0.138. The van der Waals surface area contributed by atoms with Crippen LogP contribution in [0.4, 0.5) is 14.5 Å². The van der Waals surface area contributed by atoms with Crippen LogP contribution >= 0.6 is 11.6 Å². The molecule has 2 aliphatic rings. The molecule has 1 saturated heterocycles. The van der Waals surface area contributed by atoms with Crippen LogP contribution < -0.4 is 4.90 Å². The lowest BCUT2D eigenvalue weighted by molar-refractivity contribution is 0.398. The molecule has 5 rings (SSSR count). The molecule has 0 spiro atoms. The largest absolute Gasteiger partial charge is 0.370 e. The highest BCUT2D eigenvalue weighted by Crippen LogP contribution is 2.31. The van der Waals surface area contributed by atoms with Crippen LogP contribution in [0.1, 0.15) is 24.6 Å². The minimum Gasteiger partial charge on any atom is -0.370 e. The van der Waals surface area contributed by atoms with Crippen molar-refractivity contribution in [2.75, 3.05) is 24.5 Å². The van der Waals surface area contributed by atoms with E-state index in [1.807, 2.05) is 30.5 Å². The lowest BCUT2D eigenvalue weighted by Crippen LogP contribution is -2.46. The number of nitrogens with zero attached hydrogens (tertiary/aromatic N) is 4. The number of benzene rings is 1. The molecule has 7 heteroatoms. The Kier molecular flexibility index (Phi) is 4.74. The van der Waals surface area contributed by atoms with Crippen LogP contribution in [0.15, 0.2) is 47.6 Å². The van der Waals surface area contributed by atoms with Gasteiger partial charge < -0.3 is 4.90 Å². The Morgan fingerprint density at radius 3 is 2.73 bits per heavy atom. The summed E-state index contributed by atoms with van der Waals surface area (Å²) in [5.41, 5.74) is 4.61. The molecule has 1 aromatic carbocycles. The summed E-state index contributed by atoms with van der Waals surface area (Å²) in [5.74, 6) is -0.753. The molecule has 0 atom stereocenters. The summed E-state index contributed by atoms with van der Waals surface area (Å²) in [4.78, 5) is 16.0. The maximum atomic E-state index is 14.4. The SMILES string of the molecule is CCC1CN(c2cnc3ccc(C4=CCN=C4c4cc(Cl)c(F)cc4F)nc3c2)C1. The number of pyridine rings is 2. The van der Waals surface area contributed by atoms with Gasteiger partial charge in [-0.05, 0) is 36.6 Å². The molecule has 0 N–H and O–H groups in total. The van der Waals surface area contributed by atoms with Gasteiger partial charge in [0.05, 0.1) is 45.9 Å². The predicted octanol–water partition coefficient (Wildman–Crippen LogP) is 5.29. The van der Waals surface area contributed by atoms with E-state index < -0.39 is 11.6 Å². The Hall–Kier alpha value is -2.86. The summed E-state index contributed by atoms with van der Waals surface area (Å²) in [6.45, 7) is 4.69. The lowest BCUT2D eigenvalue weighted by atomic mass is 9.97. The van der Waals surface area contributed by atoms with E-state index in [0.717, 1.165) is 41.8 Å². The molecule has 0 radical (unpaired) electrons. The van der Waals surface area contributed by atoms with Crippen molar-refractivity contribution >= 4 is 39.6 Å². The van der Waals surface area contributed by atoms with E-state index in [1.165, 1.54) is 12.5 Å². The first-order valence-electron chi connectivity index (χ1n) is 9.95. The predicted molar refractivity (Wildman–Crippen MR) is 116 cm³/mol. The van der Waals surface area contributed by atoms with Gasteiger partial charge in [0, 0.05) is 30.3 Å². The number of hydrogen-bond donors (Lipinski definition) is 0. The fourth-order valence-corrected chi connectivity index (χ4v) is 4.09. The average molecular weight is 425 g/mol. The second-order valence-corrected chi connectivity index (χ2v) is 8.07. The Labute approximate surface area is 177 Å². The third-order valence-electron chi connectivity index (χ3n) is 5.76. The van der Waals surface area contributed by atoms with Crippen molar-refractivity contribution in [1.82, 2.24) is 9.97 Å². The van der Waals surface area contributed by atoms with Crippen LogP contribution in [0, 0.1) is 17.6 Å². The smallest absolute Gasteiger partial charge is 0.144 e. The second kappa shape index (κ2) is 7.43. The fraction of sp³-hybridized carbons (Fsp3) is 0.261. The van der Waals surface area contributed by atoms with Gasteiger partial charge in [-0.15, -0.1) is 0 Å². The molecule has 4 heterocycles. The summed E-state index contributed by atoms with van der Waals surface area (Å²) in [6, 6.07) is 7.85. The molecule has 4 nitrogen and oxygen atoms in total. The van der Waals surface area contributed by atoms with Crippen LogP contribution in [-0.2, 0) is 0 Å². The Morgan fingerprint density at radius 1 is 1.10 bits per heavy atom. The molecule has 3 aromatic rings. The maximum Gasteiger partial charge on any atom is 0.144 e. The van der Waals surface area contributed by atoms with Crippen molar-refractivity contribution in [3.63, 3.8) is 0 Å². The molecule has 2 aliphatic heterocycles. The number of halogens is 3. The van der Waals surface area contributed by atoms with E-state index >= 15 is 0 Å². The van der Waals surface area contributed by atoms with Crippen molar-refractivity contribution in [1.29, 1.82) is 0 Å². The zero-order chi connectivity index (χ0) is 20.8. The lowest BCUT2D eigenvalue weighted by Gasteiger charge is -2.40. The molecule has 0 bridgehead atoms. The molecule has 2 aromatic heterocycles. The van der Waals surface area contributed by atoms with Crippen molar-refractivity contribution in [2.24, 2.45) is 10.9 Å². The molecular formula is C23H19ClF2N4. The zero-order valence-corrected chi connectivity index (χ0v) is 17.1. The third-order valence-corrected chi connectivity index (χ3v) is 6.05. The first kappa shape index (κ1) is 19.1. The highest BCUT2D eigenvalue weighted by molar-refractivity contribution is 6.35.